The number of aromatic nitrogens is 3. The van der Waals surface area contributed by atoms with E-state index in [0.717, 1.165) is 22.4 Å². The summed E-state index contributed by atoms with van der Waals surface area (Å²) in [4.78, 5) is 29.5. The lowest BCUT2D eigenvalue weighted by Gasteiger charge is -2.16. The number of aryl methyl sites for hydroxylation is 1. The first-order valence-electron chi connectivity index (χ1n) is 9.24. The quantitative estimate of drug-likeness (QED) is 0.579. The fourth-order valence-electron chi connectivity index (χ4n) is 3.39. The van der Waals surface area contributed by atoms with Gasteiger partial charge in [0, 0.05) is 18.2 Å². The molecule has 0 fully saturated rings. The minimum absolute atomic E-state index is 0.138. The Kier molecular flexibility index (Phi) is 4.72. The van der Waals surface area contributed by atoms with E-state index in [9.17, 15) is 9.59 Å². The van der Waals surface area contributed by atoms with Gasteiger partial charge < -0.3 is 9.84 Å². The van der Waals surface area contributed by atoms with E-state index in [0.29, 0.717) is 16.5 Å². The lowest BCUT2D eigenvalue weighted by atomic mass is 10.0. The van der Waals surface area contributed by atoms with Crippen molar-refractivity contribution in [2.75, 3.05) is 7.05 Å². The molecule has 1 N–H and O–H groups in total. The molecule has 7 heteroatoms. The van der Waals surface area contributed by atoms with E-state index in [4.69, 9.17) is 4.52 Å². The van der Waals surface area contributed by atoms with Gasteiger partial charge >= 0.3 is 0 Å². The van der Waals surface area contributed by atoms with E-state index in [-0.39, 0.29) is 17.5 Å². The van der Waals surface area contributed by atoms with Crippen LogP contribution in [0, 0.1) is 6.92 Å². The zero-order chi connectivity index (χ0) is 20.5. The molecule has 4 aromatic rings. The van der Waals surface area contributed by atoms with Crippen molar-refractivity contribution in [3.8, 4) is 11.1 Å². The van der Waals surface area contributed by atoms with E-state index in [1.165, 1.54) is 0 Å². The van der Waals surface area contributed by atoms with Crippen LogP contribution in [-0.2, 0) is 0 Å². The number of benzene rings is 2. The first kappa shape index (κ1) is 18.6. The molecule has 146 valence electrons. The van der Waals surface area contributed by atoms with Gasteiger partial charge in [0.2, 0.25) is 0 Å². The van der Waals surface area contributed by atoms with E-state index in [2.05, 4.69) is 15.5 Å². The molecule has 0 aliphatic heterocycles. The van der Waals surface area contributed by atoms with Gasteiger partial charge in [-0.2, -0.15) is 0 Å². The normalized spacial score (nSPS) is 12.1. The molecular formula is C22H20N4O3. The molecule has 2 aromatic heterocycles. The molecule has 0 bridgehead atoms. The summed E-state index contributed by atoms with van der Waals surface area (Å²) in [6.45, 7) is 3.77. The summed E-state index contributed by atoms with van der Waals surface area (Å²) in [7, 11) is 1.59. The van der Waals surface area contributed by atoms with Crippen LogP contribution in [0.25, 0.3) is 22.0 Å². The predicted octanol–water partition coefficient (Wildman–Crippen LogP) is 3.33. The van der Waals surface area contributed by atoms with Crippen LogP contribution in [0.3, 0.4) is 0 Å². The SMILES string of the molecule is CNC(=O)c1cccc(C(C)n2cnc3cc(-c4conc4C)ccc3c2=O)c1. The van der Waals surface area contributed by atoms with Crippen LogP contribution in [0.4, 0.5) is 0 Å². The molecule has 0 spiro atoms. The molecular weight excluding hydrogens is 368 g/mol. The Labute approximate surface area is 167 Å². The zero-order valence-corrected chi connectivity index (χ0v) is 16.3. The average Bonchev–Trinajstić information content (AvgIpc) is 3.18. The number of carbonyl (C=O) groups excluding carboxylic acids is 1. The molecule has 1 amide bonds. The maximum atomic E-state index is 13.1. The van der Waals surface area contributed by atoms with E-state index < -0.39 is 0 Å². The third-order valence-corrected chi connectivity index (χ3v) is 5.12. The molecule has 1 atom stereocenters. The minimum Gasteiger partial charge on any atom is -0.364 e. The highest BCUT2D eigenvalue weighted by Crippen LogP contribution is 2.25. The van der Waals surface area contributed by atoms with Crippen LogP contribution >= 0.6 is 0 Å². The van der Waals surface area contributed by atoms with Crippen molar-refractivity contribution in [3.05, 3.63) is 82.2 Å². The number of amides is 1. The summed E-state index contributed by atoms with van der Waals surface area (Å²) in [5, 5.41) is 7.04. The van der Waals surface area contributed by atoms with Crippen molar-refractivity contribution in [3.63, 3.8) is 0 Å². The Morgan fingerprint density at radius 3 is 2.76 bits per heavy atom. The standard InChI is InChI=1S/C22H20N4O3/c1-13-19(11-29-25-13)16-7-8-18-20(10-16)24-12-26(22(18)28)14(2)15-5-4-6-17(9-15)21(27)23-3/h4-12,14H,1-3H3,(H,23,27). The van der Waals surface area contributed by atoms with Crippen LogP contribution in [-0.4, -0.2) is 27.7 Å². The Morgan fingerprint density at radius 2 is 2.03 bits per heavy atom. The smallest absolute Gasteiger partial charge is 0.261 e. The summed E-state index contributed by atoms with van der Waals surface area (Å²) in [6, 6.07) is 12.5. The highest BCUT2D eigenvalue weighted by Gasteiger charge is 2.15. The average molecular weight is 388 g/mol. The number of fused-ring (bicyclic) bond motifs is 1. The van der Waals surface area contributed by atoms with Gasteiger partial charge in [-0.25, -0.2) is 4.98 Å². The monoisotopic (exact) mass is 388 g/mol. The zero-order valence-electron chi connectivity index (χ0n) is 16.3. The predicted molar refractivity (Wildman–Crippen MR) is 110 cm³/mol. The van der Waals surface area contributed by atoms with Gasteiger partial charge in [0.05, 0.1) is 29.0 Å². The van der Waals surface area contributed by atoms with Gasteiger partial charge in [-0.05, 0) is 49.2 Å². The van der Waals surface area contributed by atoms with Crippen molar-refractivity contribution >= 4 is 16.8 Å². The largest absolute Gasteiger partial charge is 0.364 e. The van der Waals surface area contributed by atoms with Crippen LogP contribution in [0.15, 0.2) is 64.4 Å². The Balaban J connectivity index is 1.75. The third-order valence-electron chi connectivity index (χ3n) is 5.12. The molecule has 1 unspecified atom stereocenters. The Bertz CT molecular complexity index is 1270. The number of hydrogen-bond donors (Lipinski definition) is 1. The molecule has 7 nitrogen and oxygen atoms in total. The van der Waals surface area contributed by atoms with E-state index in [1.54, 1.807) is 42.4 Å². The molecule has 0 aliphatic rings. The summed E-state index contributed by atoms with van der Waals surface area (Å²) >= 11 is 0. The van der Waals surface area contributed by atoms with Gasteiger partial charge in [0.25, 0.3) is 11.5 Å². The van der Waals surface area contributed by atoms with E-state index in [1.807, 2.05) is 38.1 Å². The van der Waals surface area contributed by atoms with E-state index >= 15 is 0 Å². The van der Waals surface area contributed by atoms with Crippen LogP contribution < -0.4 is 10.9 Å². The van der Waals surface area contributed by atoms with Crippen LogP contribution in [0.5, 0.6) is 0 Å². The summed E-state index contributed by atoms with van der Waals surface area (Å²) in [5.41, 5.74) is 4.42. The van der Waals surface area contributed by atoms with Gasteiger partial charge in [-0.1, -0.05) is 23.4 Å². The number of rotatable bonds is 4. The first-order valence-corrected chi connectivity index (χ1v) is 9.24. The number of carbonyl (C=O) groups is 1. The molecule has 0 radical (unpaired) electrons. The second-order valence-electron chi connectivity index (χ2n) is 6.88. The second kappa shape index (κ2) is 7.35. The van der Waals surface area contributed by atoms with Crippen LogP contribution in [0.2, 0.25) is 0 Å². The number of nitrogens with zero attached hydrogens (tertiary/aromatic N) is 3. The third kappa shape index (κ3) is 3.31. The topological polar surface area (TPSA) is 90.0 Å². The first-order chi connectivity index (χ1) is 14.0. The molecule has 0 saturated heterocycles. The van der Waals surface area contributed by atoms with Gasteiger partial charge in [0.1, 0.15) is 6.26 Å². The highest BCUT2D eigenvalue weighted by atomic mass is 16.5. The number of hydrogen-bond acceptors (Lipinski definition) is 5. The summed E-state index contributed by atoms with van der Waals surface area (Å²) in [6.07, 6.45) is 3.13. The van der Waals surface area contributed by atoms with Crippen molar-refractivity contribution in [2.45, 2.75) is 19.9 Å². The Hall–Kier alpha value is -3.74. The van der Waals surface area contributed by atoms with Crippen molar-refractivity contribution < 1.29 is 9.32 Å². The summed E-state index contributed by atoms with van der Waals surface area (Å²) in [5.74, 6) is -0.167. The fourth-order valence-corrected chi connectivity index (χ4v) is 3.39. The molecule has 2 aromatic carbocycles. The van der Waals surface area contributed by atoms with Gasteiger partial charge in [-0.15, -0.1) is 0 Å². The maximum absolute atomic E-state index is 13.1. The van der Waals surface area contributed by atoms with Crippen LogP contribution in [0.1, 0.15) is 34.6 Å². The lowest BCUT2D eigenvalue weighted by Crippen LogP contribution is -2.25. The Morgan fingerprint density at radius 1 is 1.21 bits per heavy atom. The molecule has 29 heavy (non-hydrogen) atoms. The molecule has 0 saturated carbocycles. The van der Waals surface area contributed by atoms with Gasteiger partial charge in [0.15, 0.2) is 0 Å². The van der Waals surface area contributed by atoms with Crippen molar-refractivity contribution in [1.82, 2.24) is 20.0 Å². The maximum Gasteiger partial charge on any atom is 0.261 e. The minimum atomic E-state index is -0.274. The van der Waals surface area contributed by atoms with Crippen molar-refractivity contribution in [1.29, 1.82) is 0 Å². The summed E-state index contributed by atoms with van der Waals surface area (Å²) < 4.78 is 6.58. The highest BCUT2D eigenvalue weighted by molar-refractivity contribution is 5.94. The second-order valence-corrected chi connectivity index (χ2v) is 6.88. The number of nitrogens with one attached hydrogen (secondary N) is 1. The lowest BCUT2D eigenvalue weighted by molar-refractivity contribution is 0.0963. The molecule has 4 rings (SSSR count). The molecule has 2 heterocycles. The van der Waals surface area contributed by atoms with Gasteiger partial charge in [-0.3, -0.25) is 14.2 Å². The van der Waals surface area contributed by atoms with Crippen molar-refractivity contribution in [2.24, 2.45) is 0 Å². The molecule has 0 aliphatic carbocycles. The fraction of sp³-hybridized carbons (Fsp3) is 0.182.